The van der Waals surface area contributed by atoms with Crippen LogP contribution < -0.4 is 10.6 Å². The molecule has 0 aliphatic heterocycles. The average Bonchev–Trinajstić information content (AvgIpc) is 2.89. The first-order valence-electron chi connectivity index (χ1n) is 11.4. The van der Waals surface area contributed by atoms with Crippen molar-refractivity contribution in [3.63, 3.8) is 0 Å². The summed E-state index contributed by atoms with van der Waals surface area (Å²) in [6, 6.07) is 26.3. The zero-order chi connectivity index (χ0) is 27.8. The maximum absolute atomic E-state index is 12.5. The zero-order valence-electron chi connectivity index (χ0n) is 20.1. The quantitative estimate of drug-likeness (QED) is 0.123. The minimum atomic E-state index is -0.536. The number of carbonyl (C=O) groups is 2. The number of rotatable bonds is 10. The summed E-state index contributed by atoms with van der Waals surface area (Å²) >= 11 is 2.38. The van der Waals surface area contributed by atoms with E-state index in [2.05, 4.69) is 10.6 Å². The molecule has 0 aliphatic carbocycles. The lowest BCUT2D eigenvalue weighted by atomic mass is 10.3. The Morgan fingerprint density at radius 1 is 0.615 bits per heavy atom. The van der Waals surface area contributed by atoms with Crippen molar-refractivity contribution in [1.82, 2.24) is 0 Å². The molecule has 196 valence electrons. The molecule has 12 heteroatoms. The van der Waals surface area contributed by atoms with Gasteiger partial charge in [-0.2, -0.15) is 0 Å². The molecule has 0 atom stereocenters. The van der Waals surface area contributed by atoms with Crippen LogP contribution in [0.5, 0.6) is 0 Å². The number of anilines is 2. The molecule has 0 unspecified atom stereocenters. The fraction of sp³-hybridized carbons (Fsp3) is 0.0370. The van der Waals surface area contributed by atoms with E-state index in [9.17, 15) is 29.8 Å². The Labute approximate surface area is 231 Å². The lowest BCUT2D eigenvalue weighted by molar-refractivity contribution is -0.387. The second-order valence-electron chi connectivity index (χ2n) is 7.98. The highest BCUT2D eigenvalue weighted by molar-refractivity contribution is 7.99. The third-order valence-electron chi connectivity index (χ3n) is 5.14. The fourth-order valence-corrected chi connectivity index (χ4v) is 5.43. The van der Waals surface area contributed by atoms with Crippen LogP contribution in [0.4, 0.5) is 22.7 Å². The van der Waals surface area contributed by atoms with E-state index in [4.69, 9.17) is 0 Å². The largest absolute Gasteiger partial charge is 0.326 e. The Morgan fingerprint density at radius 3 is 1.44 bits per heavy atom. The van der Waals surface area contributed by atoms with Gasteiger partial charge in [0, 0.05) is 33.3 Å². The molecule has 0 bridgehead atoms. The monoisotopic (exact) mass is 560 g/mol. The first kappa shape index (κ1) is 27.4. The van der Waals surface area contributed by atoms with E-state index in [0.717, 1.165) is 0 Å². The zero-order valence-corrected chi connectivity index (χ0v) is 21.7. The van der Waals surface area contributed by atoms with Gasteiger partial charge in [-0.15, -0.1) is 0 Å². The van der Waals surface area contributed by atoms with Crippen LogP contribution in [0.25, 0.3) is 0 Å². The number of nitro groups is 2. The molecule has 0 aromatic heterocycles. The van der Waals surface area contributed by atoms with Gasteiger partial charge in [0.1, 0.15) is 6.42 Å². The Morgan fingerprint density at radius 2 is 1.03 bits per heavy atom. The van der Waals surface area contributed by atoms with E-state index in [1.54, 1.807) is 84.9 Å². The third-order valence-corrected chi connectivity index (χ3v) is 7.25. The van der Waals surface area contributed by atoms with E-state index in [0.29, 0.717) is 31.0 Å². The van der Waals surface area contributed by atoms with E-state index in [1.165, 1.54) is 35.7 Å². The number of para-hydroxylation sites is 2. The molecule has 4 rings (SSSR count). The highest BCUT2D eigenvalue weighted by atomic mass is 32.2. The number of carbonyl (C=O) groups excluding carboxylic acids is 2. The van der Waals surface area contributed by atoms with Gasteiger partial charge in [-0.05, 0) is 48.5 Å². The molecule has 39 heavy (non-hydrogen) atoms. The maximum atomic E-state index is 12.5. The standard InChI is InChI=1S/C27H20N4O6S2/c32-26(28-18-7-5-9-20(15-18)38-24-13-3-1-11-22(24)30(34)35)17-27(33)29-19-8-6-10-21(16-19)39-25-14-4-2-12-23(25)31(36)37/h1-16H,17H2,(H,28,32)(H,29,33). The normalized spacial score (nSPS) is 10.5. The summed E-state index contributed by atoms with van der Waals surface area (Å²) in [5.74, 6) is -1.07. The molecule has 0 aliphatic rings. The molecule has 0 saturated carbocycles. The summed E-state index contributed by atoms with van der Waals surface area (Å²) in [4.78, 5) is 48.9. The van der Waals surface area contributed by atoms with Crippen molar-refractivity contribution in [2.45, 2.75) is 26.0 Å². The molecule has 0 spiro atoms. The van der Waals surface area contributed by atoms with Gasteiger partial charge in [-0.25, -0.2) is 0 Å². The summed E-state index contributed by atoms with van der Waals surface area (Å²) in [5.41, 5.74) is 0.856. The fourth-order valence-electron chi connectivity index (χ4n) is 3.47. The van der Waals surface area contributed by atoms with Gasteiger partial charge in [0.05, 0.1) is 19.6 Å². The molecular weight excluding hydrogens is 540 g/mol. The maximum Gasteiger partial charge on any atom is 0.283 e. The van der Waals surface area contributed by atoms with E-state index >= 15 is 0 Å². The van der Waals surface area contributed by atoms with E-state index in [1.807, 2.05) is 0 Å². The van der Waals surface area contributed by atoms with Crippen LogP contribution in [0.3, 0.4) is 0 Å². The number of nitrogens with zero attached hydrogens (tertiary/aromatic N) is 2. The summed E-state index contributed by atoms with van der Waals surface area (Å²) in [5, 5.41) is 27.9. The number of nitrogens with one attached hydrogen (secondary N) is 2. The van der Waals surface area contributed by atoms with Crippen LogP contribution in [0.15, 0.2) is 117 Å². The second-order valence-corrected chi connectivity index (χ2v) is 10.2. The summed E-state index contributed by atoms with van der Waals surface area (Å²) in [6.07, 6.45) is -0.441. The van der Waals surface area contributed by atoms with Crippen molar-refractivity contribution in [2.75, 3.05) is 10.6 Å². The molecule has 2 N–H and O–H groups in total. The van der Waals surface area contributed by atoms with Crippen LogP contribution in [-0.2, 0) is 9.59 Å². The first-order chi connectivity index (χ1) is 18.8. The van der Waals surface area contributed by atoms with E-state index < -0.39 is 28.1 Å². The topological polar surface area (TPSA) is 144 Å². The van der Waals surface area contributed by atoms with Crippen molar-refractivity contribution in [3.05, 3.63) is 117 Å². The Bertz CT molecular complexity index is 1450. The summed E-state index contributed by atoms with van der Waals surface area (Å²) < 4.78 is 0. The average molecular weight is 561 g/mol. The molecule has 0 heterocycles. The molecule has 2 amide bonds. The van der Waals surface area contributed by atoms with Crippen molar-refractivity contribution in [3.8, 4) is 0 Å². The molecule has 0 radical (unpaired) electrons. The number of benzene rings is 4. The predicted octanol–water partition coefficient (Wildman–Crippen LogP) is 6.77. The molecule has 10 nitrogen and oxygen atoms in total. The van der Waals surface area contributed by atoms with Gasteiger partial charge < -0.3 is 10.6 Å². The highest BCUT2D eigenvalue weighted by Crippen LogP contribution is 2.36. The number of hydrogen-bond donors (Lipinski definition) is 2. The van der Waals surface area contributed by atoms with Gasteiger partial charge in [0.2, 0.25) is 11.8 Å². The second kappa shape index (κ2) is 12.7. The molecule has 0 saturated heterocycles. The van der Waals surface area contributed by atoms with Gasteiger partial charge >= 0.3 is 0 Å². The van der Waals surface area contributed by atoms with Crippen molar-refractivity contribution in [1.29, 1.82) is 0 Å². The summed E-state index contributed by atoms with van der Waals surface area (Å²) in [7, 11) is 0. The van der Waals surface area contributed by atoms with Gasteiger partial charge in [0.25, 0.3) is 11.4 Å². The van der Waals surface area contributed by atoms with Crippen LogP contribution in [0, 0.1) is 20.2 Å². The van der Waals surface area contributed by atoms with Crippen LogP contribution in [0.2, 0.25) is 0 Å². The number of hydrogen-bond acceptors (Lipinski definition) is 8. The highest BCUT2D eigenvalue weighted by Gasteiger charge is 2.16. The lowest BCUT2D eigenvalue weighted by Crippen LogP contribution is -2.21. The van der Waals surface area contributed by atoms with Crippen molar-refractivity contribution in [2.24, 2.45) is 0 Å². The Hall–Kier alpha value is -4.68. The van der Waals surface area contributed by atoms with Crippen molar-refractivity contribution >= 4 is 58.1 Å². The van der Waals surface area contributed by atoms with Gasteiger partial charge in [-0.1, -0.05) is 59.9 Å². The third kappa shape index (κ3) is 7.66. The molecule has 4 aromatic rings. The van der Waals surface area contributed by atoms with Crippen LogP contribution in [-0.4, -0.2) is 21.7 Å². The van der Waals surface area contributed by atoms with Gasteiger partial charge in [-0.3, -0.25) is 29.8 Å². The minimum absolute atomic E-state index is 0.0157. The summed E-state index contributed by atoms with van der Waals surface area (Å²) in [6.45, 7) is 0. The first-order valence-corrected chi connectivity index (χ1v) is 13.0. The predicted molar refractivity (Wildman–Crippen MR) is 149 cm³/mol. The number of amides is 2. The molecule has 4 aromatic carbocycles. The molecular formula is C27H20N4O6S2. The smallest absolute Gasteiger partial charge is 0.283 e. The van der Waals surface area contributed by atoms with Gasteiger partial charge in [0.15, 0.2) is 0 Å². The Kier molecular flexibility index (Phi) is 8.92. The van der Waals surface area contributed by atoms with Crippen LogP contribution in [0.1, 0.15) is 6.42 Å². The van der Waals surface area contributed by atoms with Crippen LogP contribution >= 0.6 is 23.5 Å². The van der Waals surface area contributed by atoms with Crippen molar-refractivity contribution < 1.29 is 19.4 Å². The van der Waals surface area contributed by atoms with E-state index in [-0.39, 0.29) is 11.4 Å². The molecule has 0 fully saturated rings. The SMILES string of the molecule is O=C(CC(=O)Nc1cccc(Sc2ccccc2[N+](=O)[O-])c1)Nc1cccc(Sc2ccccc2[N+](=O)[O-])c1. The Balaban J connectivity index is 1.35. The lowest BCUT2D eigenvalue weighted by Gasteiger charge is -2.09. The minimum Gasteiger partial charge on any atom is -0.326 e. The number of nitro benzene ring substituents is 2.